The lowest BCUT2D eigenvalue weighted by molar-refractivity contribution is 0.0695. The summed E-state index contributed by atoms with van der Waals surface area (Å²) in [5.74, 6) is -0.895. The van der Waals surface area contributed by atoms with Gasteiger partial charge < -0.3 is 10.4 Å². The molecule has 0 bridgehead atoms. The van der Waals surface area contributed by atoms with Crippen molar-refractivity contribution in [3.05, 3.63) is 65.5 Å². The Morgan fingerprint density at radius 3 is 2.72 bits per heavy atom. The maximum Gasteiger partial charge on any atom is 0.336 e. The summed E-state index contributed by atoms with van der Waals surface area (Å²) in [6, 6.07) is 10.9. The van der Waals surface area contributed by atoms with Gasteiger partial charge in [-0.25, -0.2) is 4.79 Å². The van der Waals surface area contributed by atoms with Crippen molar-refractivity contribution in [3.63, 3.8) is 0 Å². The van der Waals surface area contributed by atoms with Gasteiger partial charge in [0, 0.05) is 25.5 Å². The third kappa shape index (κ3) is 3.15. The van der Waals surface area contributed by atoms with Crippen molar-refractivity contribution in [2.45, 2.75) is 13.1 Å². The van der Waals surface area contributed by atoms with Crippen molar-refractivity contribution in [2.24, 2.45) is 0 Å². The van der Waals surface area contributed by atoms with E-state index in [2.05, 4.69) is 10.3 Å². The molecule has 0 aliphatic heterocycles. The molecule has 0 aliphatic carbocycles. The van der Waals surface area contributed by atoms with Crippen LogP contribution in [-0.4, -0.2) is 16.1 Å². The lowest BCUT2D eigenvalue weighted by Crippen LogP contribution is -2.15. The van der Waals surface area contributed by atoms with Crippen molar-refractivity contribution in [2.75, 3.05) is 0 Å². The summed E-state index contributed by atoms with van der Waals surface area (Å²) in [6.45, 7) is 1.19. The first-order valence-electron chi connectivity index (χ1n) is 5.68. The maximum atomic E-state index is 11.0. The molecule has 92 valence electrons. The molecule has 0 spiro atoms. The highest BCUT2D eigenvalue weighted by Gasteiger charge is 2.07. The van der Waals surface area contributed by atoms with Crippen LogP contribution in [0.2, 0.25) is 0 Å². The van der Waals surface area contributed by atoms with Gasteiger partial charge in [-0.2, -0.15) is 0 Å². The predicted octanol–water partition coefficient (Wildman–Crippen LogP) is 2.07. The Hall–Kier alpha value is -2.20. The fraction of sp³-hybridized carbons (Fsp3) is 0.143. The number of carboxylic acids is 1. The van der Waals surface area contributed by atoms with Crippen molar-refractivity contribution >= 4 is 5.97 Å². The SMILES string of the molecule is O=C(O)c1ccccc1CNCc1cccnc1. The Morgan fingerprint density at radius 1 is 1.17 bits per heavy atom. The van der Waals surface area contributed by atoms with Crippen LogP contribution < -0.4 is 5.32 Å². The highest BCUT2D eigenvalue weighted by molar-refractivity contribution is 5.89. The van der Waals surface area contributed by atoms with Gasteiger partial charge in [-0.15, -0.1) is 0 Å². The molecule has 2 N–H and O–H groups in total. The number of rotatable bonds is 5. The minimum atomic E-state index is -0.895. The number of hydrogen-bond acceptors (Lipinski definition) is 3. The molecule has 2 aromatic rings. The summed E-state index contributed by atoms with van der Waals surface area (Å²) in [5.41, 5.74) is 2.20. The van der Waals surface area contributed by atoms with E-state index in [9.17, 15) is 4.79 Å². The van der Waals surface area contributed by atoms with Crippen molar-refractivity contribution in [1.29, 1.82) is 0 Å². The molecule has 0 unspecified atom stereocenters. The molecular weight excluding hydrogens is 228 g/mol. The van der Waals surface area contributed by atoms with Gasteiger partial charge >= 0.3 is 5.97 Å². The Labute approximate surface area is 105 Å². The van der Waals surface area contributed by atoms with E-state index in [4.69, 9.17) is 5.11 Å². The number of benzene rings is 1. The van der Waals surface area contributed by atoms with Crippen molar-refractivity contribution in [3.8, 4) is 0 Å². The van der Waals surface area contributed by atoms with Gasteiger partial charge in [0.15, 0.2) is 0 Å². The van der Waals surface area contributed by atoms with Gasteiger partial charge in [-0.05, 0) is 23.3 Å². The molecule has 0 radical (unpaired) electrons. The van der Waals surface area contributed by atoms with Crippen LogP contribution in [-0.2, 0) is 13.1 Å². The van der Waals surface area contributed by atoms with Gasteiger partial charge in [-0.1, -0.05) is 24.3 Å². The van der Waals surface area contributed by atoms with Crippen LogP contribution in [0.15, 0.2) is 48.8 Å². The van der Waals surface area contributed by atoms with E-state index in [1.54, 1.807) is 24.5 Å². The van der Waals surface area contributed by atoms with Crippen LogP contribution in [0.25, 0.3) is 0 Å². The first-order valence-corrected chi connectivity index (χ1v) is 5.68. The van der Waals surface area contributed by atoms with E-state index < -0.39 is 5.97 Å². The largest absolute Gasteiger partial charge is 0.478 e. The van der Waals surface area contributed by atoms with Gasteiger partial charge in [-0.3, -0.25) is 4.98 Å². The smallest absolute Gasteiger partial charge is 0.336 e. The van der Waals surface area contributed by atoms with E-state index in [1.165, 1.54) is 0 Å². The number of nitrogens with zero attached hydrogens (tertiary/aromatic N) is 1. The third-order valence-corrected chi connectivity index (χ3v) is 2.62. The number of nitrogens with one attached hydrogen (secondary N) is 1. The van der Waals surface area contributed by atoms with Crippen LogP contribution in [0.4, 0.5) is 0 Å². The molecule has 4 nitrogen and oxygen atoms in total. The van der Waals surface area contributed by atoms with E-state index in [0.717, 1.165) is 11.1 Å². The molecule has 18 heavy (non-hydrogen) atoms. The highest BCUT2D eigenvalue weighted by atomic mass is 16.4. The molecule has 4 heteroatoms. The maximum absolute atomic E-state index is 11.0. The number of aromatic carboxylic acids is 1. The van der Waals surface area contributed by atoms with Crippen LogP contribution in [0.1, 0.15) is 21.5 Å². The highest BCUT2D eigenvalue weighted by Crippen LogP contribution is 2.08. The summed E-state index contributed by atoms with van der Waals surface area (Å²) in [4.78, 5) is 15.0. The number of hydrogen-bond donors (Lipinski definition) is 2. The molecule has 0 atom stereocenters. The number of carbonyl (C=O) groups is 1. The normalized spacial score (nSPS) is 10.2. The second-order valence-electron chi connectivity index (χ2n) is 3.93. The zero-order valence-electron chi connectivity index (χ0n) is 9.84. The van der Waals surface area contributed by atoms with Crippen LogP contribution in [0.5, 0.6) is 0 Å². The second-order valence-corrected chi connectivity index (χ2v) is 3.93. The summed E-state index contributed by atoms with van der Waals surface area (Å²) in [5, 5.41) is 12.3. The fourth-order valence-corrected chi connectivity index (χ4v) is 1.73. The van der Waals surface area contributed by atoms with Crippen LogP contribution in [0.3, 0.4) is 0 Å². The molecule has 2 rings (SSSR count). The average molecular weight is 242 g/mol. The Morgan fingerprint density at radius 2 is 2.00 bits per heavy atom. The summed E-state index contributed by atoms with van der Waals surface area (Å²) in [7, 11) is 0. The van der Waals surface area contributed by atoms with Gasteiger partial charge in [0.05, 0.1) is 5.56 Å². The molecule has 1 heterocycles. The zero-order valence-corrected chi connectivity index (χ0v) is 9.84. The van der Waals surface area contributed by atoms with Crippen LogP contribution in [0, 0.1) is 0 Å². The number of pyridine rings is 1. The minimum absolute atomic E-state index is 0.344. The molecule has 0 amide bonds. The van der Waals surface area contributed by atoms with Gasteiger partial charge in [0.1, 0.15) is 0 Å². The summed E-state index contributed by atoms with van der Waals surface area (Å²) >= 11 is 0. The molecular formula is C14H14N2O2. The number of carboxylic acid groups (broad SMARTS) is 1. The Kier molecular flexibility index (Phi) is 4.04. The zero-order chi connectivity index (χ0) is 12.8. The molecule has 1 aromatic carbocycles. The van der Waals surface area contributed by atoms with Crippen LogP contribution >= 0.6 is 0 Å². The summed E-state index contributed by atoms with van der Waals surface area (Å²) in [6.07, 6.45) is 3.51. The van der Waals surface area contributed by atoms with Crippen molar-refractivity contribution < 1.29 is 9.90 Å². The van der Waals surface area contributed by atoms with Crippen molar-refractivity contribution in [1.82, 2.24) is 10.3 Å². The quantitative estimate of drug-likeness (QED) is 0.842. The molecule has 0 aliphatic rings. The monoisotopic (exact) mass is 242 g/mol. The lowest BCUT2D eigenvalue weighted by Gasteiger charge is -2.07. The van der Waals surface area contributed by atoms with Gasteiger partial charge in [0.2, 0.25) is 0 Å². The molecule has 1 aromatic heterocycles. The second kappa shape index (κ2) is 5.93. The minimum Gasteiger partial charge on any atom is -0.478 e. The Bertz CT molecular complexity index is 526. The molecule has 0 saturated heterocycles. The van der Waals surface area contributed by atoms with E-state index in [0.29, 0.717) is 18.7 Å². The summed E-state index contributed by atoms with van der Waals surface area (Å²) < 4.78 is 0. The molecule has 0 saturated carbocycles. The average Bonchev–Trinajstić information content (AvgIpc) is 2.40. The standard InChI is InChI=1S/C14H14N2O2/c17-14(18)13-6-2-1-5-12(13)10-16-9-11-4-3-7-15-8-11/h1-8,16H,9-10H2,(H,17,18). The van der Waals surface area contributed by atoms with E-state index in [-0.39, 0.29) is 0 Å². The number of aromatic nitrogens is 1. The third-order valence-electron chi connectivity index (χ3n) is 2.62. The van der Waals surface area contributed by atoms with Gasteiger partial charge in [0.25, 0.3) is 0 Å². The first-order chi connectivity index (χ1) is 8.77. The predicted molar refractivity (Wildman–Crippen MR) is 68.2 cm³/mol. The Balaban J connectivity index is 1.97. The fourth-order valence-electron chi connectivity index (χ4n) is 1.73. The topological polar surface area (TPSA) is 62.2 Å². The van der Waals surface area contributed by atoms with E-state index >= 15 is 0 Å². The lowest BCUT2D eigenvalue weighted by atomic mass is 10.1. The molecule has 0 fully saturated rings. The first kappa shape index (κ1) is 12.3. The van der Waals surface area contributed by atoms with E-state index in [1.807, 2.05) is 24.3 Å².